The van der Waals surface area contributed by atoms with Crippen molar-refractivity contribution in [2.24, 2.45) is 0 Å². The molecule has 0 aliphatic heterocycles. The molecule has 0 saturated carbocycles. The largest absolute Gasteiger partial charge is 0.297 e. The fourth-order valence-corrected chi connectivity index (χ4v) is 1.49. The third kappa shape index (κ3) is 3.04. The zero-order valence-corrected chi connectivity index (χ0v) is 9.25. The van der Waals surface area contributed by atoms with E-state index in [2.05, 4.69) is 0 Å². The number of hydrogen-bond acceptors (Lipinski definition) is 4. The summed E-state index contributed by atoms with van der Waals surface area (Å²) in [6.45, 7) is -0.140. The van der Waals surface area contributed by atoms with Gasteiger partial charge in [-0.1, -0.05) is 12.1 Å². The Morgan fingerprint density at radius 2 is 2.00 bits per heavy atom. The lowest BCUT2D eigenvalue weighted by Gasteiger charge is -2.20. The minimum atomic E-state index is -0.330. The van der Waals surface area contributed by atoms with Crippen molar-refractivity contribution in [3.05, 3.63) is 45.5 Å². The maximum Gasteiger partial charge on any atom is 0.223 e. The van der Waals surface area contributed by atoms with Crippen molar-refractivity contribution in [1.29, 1.82) is 5.26 Å². The lowest BCUT2D eigenvalue weighted by atomic mass is 10.0. The summed E-state index contributed by atoms with van der Waals surface area (Å²) < 4.78 is 0. The topological polar surface area (TPSA) is 70.2 Å². The number of nitrogens with zero attached hydrogens (tertiary/aromatic N) is 3. The van der Waals surface area contributed by atoms with Gasteiger partial charge in [-0.25, -0.2) is 0 Å². The van der Waals surface area contributed by atoms with Crippen LogP contribution in [0.15, 0.2) is 24.3 Å². The van der Waals surface area contributed by atoms with Gasteiger partial charge in [-0.05, 0) is 31.8 Å². The van der Waals surface area contributed by atoms with E-state index in [-0.39, 0.29) is 17.5 Å². The highest BCUT2D eigenvalue weighted by atomic mass is 16.6. The lowest BCUT2D eigenvalue weighted by Crippen LogP contribution is -2.26. The lowest BCUT2D eigenvalue weighted by molar-refractivity contribution is -0.487. The predicted octanol–water partition coefficient (Wildman–Crippen LogP) is 1.44. The van der Waals surface area contributed by atoms with Crippen LogP contribution >= 0.6 is 0 Å². The third-order valence-electron chi connectivity index (χ3n) is 2.37. The van der Waals surface area contributed by atoms with Crippen molar-refractivity contribution in [1.82, 2.24) is 4.90 Å². The normalized spacial score (nSPS) is 12.1. The highest BCUT2D eigenvalue weighted by Crippen LogP contribution is 2.18. The average molecular weight is 219 g/mol. The molecule has 0 radical (unpaired) electrons. The van der Waals surface area contributed by atoms with Crippen LogP contribution in [0.4, 0.5) is 0 Å². The molecule has 16 heavy (non-hydrogen) atoms. The van der Waals surface area contributed by atoms with Crippen molar-refractivity contribution >= 4 is 0 Å². The van der Waals surface area contributed by atoms with Gasteiger partial charge in [-0.2, -0.15) is 5.26 Å². The number of rotatable bonds is 4. The van der Waals surface area contributed by atoms with Gasteiger partial charge in [0.1, 0.15) is 0 Å². The van der Waals surface area contributed by atoms with E-state index in [4.69, 9.17) is 5.26 Å². The van der Waals surface area contributed by atoms with Gasteiger partial charge in [0.2, 0.25) is 6.54 Å². The maximum atomic E-state index is 10.5. The highest BCUT2D eigenvalue weighted by Gasteiger charge is 2.19. The van der Waals surface area contributed by atoms with Gasteiger partial charge >= 0.3 is 0 Å². The summed E-state index contributed by atoms with van der Waals surface area (Å²) in [5, 5.41) is 19.2. The van der Waals surface area contributed by atoms with Gasteiger partial charge in [0.25, 0.3) is 0 Å². The monoisotopic (exact) mass is 219 g/mol. The number of nitriles is 1. The van der Waals surface area contributed by atoms with Gasteiger partial charge in [-0.3, -0.25) is 15.0 Å². The molecule has 1 aromatic rings. The van der Waals surface area contributed by atoms with Gasteiger partial charge in [0.05, 0.1) is 17.7 Å². The molecule has 0 N–H and O–H groups in total. The number of likely N-dealkylation sites (N-methyl/N-ethyl adjacent to an activating group) is 1. The summed E-state index contributed by atoms with van der Waals surface area (Å²) >= 11 is 0. The van der Waals surface area contributed by atoms with Gasteiger partial charge in [0.15, 0.2) is 0 Å². The van der Waals surface area contributed by atoms with Crippen molar-refractivity contribution < 1.29 is 4.92 Å². The Labute approximate surface area is 94.1 Å². The minimum absolute atomic E-state index is 0.140. The minimum Gasteiger partial charge on any atom is -0.297 e. The number of hydrogen-bond donors (Lipinski definition) is 0. The van der Waals surface area contributed by atoms with Crippen LogP contribution in [0.2, 0.25) is 0 Å². The molecule has 0 aromatic heterocycles. The Balaban J connectivity index is 2.93. The van der Waals surface area contributed by atoms with Crippen LogP contribution in [0.25, 0.3) is 0 Å². The fraction of sp³-hybridized carbons (Fsp3) is 0.364. The molecule has 1 rings (SSSR count). The fourth-order valence-electron chi connectivity index (χ4n) is 1.49. The molecule has 0 saturated heterocycles. The zero-order valence-electron chi connectivity index (χ0n) is 9.25. The first-order valence-corrected chi connectivity index (χ1v) is 4.83. The molecule has 5 nitrogen and oxygen atoms in total. The van der Waals surface area contributed by atoms with Crippen molar-refractivity contribution in [3.8, 4) is 6.07 Å². The average Bonchev–Trinajstić information content (AvgIpc) is 2.25. The van der Waals surface area contributed by atoms with E-state index >= 15 is 0 Å². The standard InChI is InChI=1S/C11H13N3O2/c1-13(2)11(8-14(15)16)10-5-3-9(7-12)4-6-10/h3-6,11H,8H2,1-2H3. The number of benzene rings is 1. The van der Waals surface area contributed by atoms with Crippen molar-refractivity contribution in [3.63, 3.8) is 0 Å². The molecule has 1 unspecified atom stereocenters. The maximum absolute atomic E-state index is 10.5. The van der Waals surface area contributed by atoms with E-state index in [1.807, 2.05) is 6.07 Å². The van der Waals surface area contributed by atoms with Crippen LogP contribution in [0.1, 0.15) is 17.2 Å². The molecular weight excluding hydrogens is 206 g/mol. The van der Waals surface area contributed by atoms with Crippen LogP contribution < -0.4 is 0 Å². The second-order valence-electron chi connectivity index (χ2n) is 3.73. The van der Waals surface area contributed by atoms with Gasteiger partial charge < -0.3 is 0 Å². The number of nitro groups is 1. The Morgan fingerprint density at radius 3 is 2.38 bits per heavy atom. The van der Waals surface area contributed by atoms with E-state index < -0.39 is 0 Å². The first kappa shape index (κ1) is 12.1. The van der Waals surface area contributed by atoms with Crippen LogP contribution in [-0.2, 0) is 0 Å². The van der Waals surface area contributed by atoms with E-state index in [0.29, 0.717) is 5.56 Å². The summed E-state index contributed by atoms with van der Waals surface area (Å²) in [5.41, 5.74) is 1.41. The van der Waals surface area contributed by atoms with Crippen LogP contribution in [-0.4, -0.2) is 30.5 Å². The van der Waals surface area contributed by atoms with Crippen LogP contribution in [0, 0.1) is 21.4 Å². The summed E-state index contributed by atoms with van der Waals surface area (Å²) in [5.74, 6) is 0. The summed E-state index contributed by atoms with van der Waals surface area (Å²) in [7, 11) is 3.60. The molecule has 0 heterocycles. The van der Waals surface area contributed by atoms with E-state index in [1.54, 1.807) is 43.3 Å². The second kappa shape index (κ2) is 5.24. The van der Waals surface area contributed by atoms with Gasteiger partial charge in [0, 0.05) is 4.92 Å². The molecule has 1 atom stereocenters. The first-order chi connectivity index (χ1) is 7.54. The van der Waals surface area contributed by atoms with E-state index in [0.717, 1.165) is 5.56 Å². The summed E-state index contributed by atoms with van der Waals surface area (Å²) in [6.07, 6.45) is 0. The molecule has 84 valence electrons. The van der Waals surface area contributed by atoms with Crippen LogP contribution in [0.3, 0.4) is 0 Å². The smallest absolute Gasteiger partial charge is 0.223 e. The Hall–Kier alpha value is -1.93. The van der Waals surface area contributed by atoms with E-state index in [1.165, 1.54) is 0 Å². The molecule has 0 amide bonds. The molecule has 5 heteroatoms. The third-order valence-corrected chi connectivity index (χ3v) is 2.37. The summed E-state index contributed by atoms with van der Waals surface area (Å²) in [6, 6.07) is 8.61. The van der Waals surface area contributed by atoms with E-state index in [9.17, 15) is 10.1 Å². The molecule has 0 spiro atoms. The molecule has 1 aromatic carbocycles. The van der Waals surface area contributed by atoms with Crippen molar-refractivity contribution in [2.45, 2.75) is 6.04 Å². The van der Waals surface area contributed by atoms with Crippen molar-refractivity contribution in [2.75, 3.05) is 20.6 Å². The van der Waals surface area contributed by atoms with Gasteiger partial charge in [-0.15, -0.1) is 0 Å². The van der Waals surface area contributed by atoms with Crippen LogP contribution in [0.5, 0.6) is 0 Å². The SMILES string of the molecule is CN(C)C(C[N+](=O)[O-])c1ccc(C#N)cc1. The molecule has 0 aliphatic rings. The summed E-state index contributed by atoms with van der Waals surface area (Å²) in [4.78, 5) is 12.0. The highest BCUT2D eigenvalue weighted by molar-refractivity contribution is 5.32. The molecule has 0 bridgehead atoms. The quantitative estimate of drug-likeness (QED) is 0.567. The molecule has 0 fully saturated rings. The first-order valence-electron chi connectivity index (χ1n) is 4.83. The zero-order chi connectivity index (χ0) is 12.1. The predicted molar refractivity (Wildman–Crippen MR) is 59.4 cm³/mol. The Bertz CT molecular complexity index is 406. The molecule has 0 aliphatic carbocycles. The Kier molecular flexibility index (Phi) is 3.97. The Morgan fingerprint density at radius 1 is 1.44 bits per heavy atom. The molecular formula is C11H13N3O2. The second-order valence-corrected chi connectivity index (χ2v) is 3.73.